The number of nitrogens with zero attached hydrogens (tertiary/aromatic N) is 4. The van der Waals surface area contributed by atoms with Crippen molar-refractivity contribution >= 4 is 17.5 Å². The van der Waals surface area contributed by atoms with Gasteiger partial charge in [-0.2, -0.15) is 0 Å². The van der Waals surface area contributed by atoms with Crippen LogP contribution in [0.2, 0.25) is 0 Å². The number of methoxy groups -OCH3 is 1. The second kappa shape index (κ2) is 8.39. The van der Waals surface area contributed by atoms with E-state index in [4.69, 9.17) is 4.74 Å². The first-order valence-corrected chi connectivity index (χ1v) is 10.3. The Morgan fingerprint density at radius 2 is 2.08 bits per heavy atom. The fourth-order valence-electron chi connectivity index (χ4n) is 3.35. The molecule has 1 saturated carbocycles. The van der Waals surface area contributed by atoms with E-state index in [1.165, 1.54) is 24.6 Å². The molecular weight excluding hydrogens is 348 g/mol. The molecular formula is C19H28N4O2S. The van der Waals surface area contributed by atoms with Gasteiger partial charge >= 0.3 is 0 Å². The SMILES string of the molecule is CCn1c(SCC(=O)c2cc(C)n(CCCOC)c2C)nnc1C1CC1. The van der Waals surface area contributed by atoms with Crippen LogP contribution in [0.4, 0.5) is 0 Å². The highest BCUT2D eigenvalue weighted by atomic mass is 32.2. The van der Waals surface area contributed by atoms with E-state index in [1.54, 1.807) is 7.11 Å². The number of carbonyl (C=O) groups is 1. The van der Waals surface area contributed by atoms with Crippen molar-refractivity contribution in [3.8, 4) is 0 Å². The molecule has 3 rings (SSSR count). The minimum atomic E-state index is 0.153. The van der Waals surface area contributed by atoms with E-state index in [0.29, 0.717) is 11.7 Å². The van der Waals surface area contributed by atoms with Gasteiger partial charge in [-0.1, -0.05) is 11.8 Å². The molecule has 1 aliphatic carbocycles. The molecule has 0 radical (unpaired) electrons. The van der Waals surface area contributed by atoms with Gasteiger partial charge in [0.15, 0.2) is 10.9 Å². The number of carbonyl (C=O) groups excluding carboxylic acids is 1. The average molecular weight is 377 g/mol. The molecule has 2 heterocycles. The molecule has 7 heteroatoms. The lowest BCUT2D eigenvalue weighted by Crippen LogP contribution is -2.09. The standard InChI is InChI=1S/C19H28N4O2S/c1-5-22-18(15-7-8-15)20-21-19(22)26-12-17(24)16-11-13(2)23(14(16)3)9-6-10-25-4/h11,15H,5-10,12H2,1-4H3. The molecule has 2 aromatic heterocycles. The van der Waals surface area contributed by atoms with Gasteiger partial charge in [-0.25, -0.2) is 0 Å². The van der Waals surface area contributed by atoms with Crippen LogP contribution >= 0.6 is 11.8 Å². The second-order valence-electron chi connectivity index (χ2n) is 6.85. The monoisotopic (exact) mass is 376 g/mol. The van der Waals surface area contributed by atoms with Gasteiger partial charge in [-0.3, -0.25) is 4.79 Å². The number of rotatable bonds is 10. The van der Waals surface area contributed by atoms with E-state index < -0.39 is 0 Å². The van der Waals surface area contributed by atoms with E-state index in [2.05, 4.69) is 33.2 Å². The van der Waals surface area contributed by atoms with E-state index in [1.807, 2.05) is 13.0 Å². The number of aryl methyl sites for hydroxylation is 1. The highest BCUT2D eigenvalue weighted by molar-refractivity contribution is 7.99. The lowest BCUT2D eigenvalue weighted by molar-refractivity contribution is 0.102. The Bertz CT molecular complexity index is 777. The van der Waals surface area contributed by atoms with Crippen molar-refractivity contribution in [1.82, 2.24) is 19.3 Å². The molecule has 0 saturated heterocycles. The molecule has 0 bridgehead atoms. The molecule has 6 nitrogen and oxygen atoms in total. The summed E-state index contributed by atoms with van der Waals surface area (Å²) in [4.78, 5) is 12.8. The quantitative estimate of drug-likeness (QED) is 0.360. The summed E-state index contributed by atoms with van der Waals surface area (Å²) in [5.74, 6) is 2.20. The first kappa shape index (κ1) is 19.2. The molecule has 0 aliphatic heterocycles. The summed E-state index contributed by atoms with van der Waals surface area (Å²) in [6.07, 6.45) is 3.35. The first-order chi connectivity index (χ1) is 12.6. The third-order valence-corrected chi connectivity index (χ3v) is 5.91. The van der Waals surface area contributed by atoms with Crippen LogP contribution in [0.15, 0.2) is 11.2 Å². The summed E-state index contributed by atoms with van der Waals surface area (Å²) in [6, 6.07) is 2.01. The fraction of sp³-hybridized carbons (Fsp3) is 0.632. The van der Waals surface area contributed by atoms with Gasteiger partial charge in [0.1, 0.15) is 5.82 Å². The first-order valence-electron chi connectivity index (χ1n) is 9.31. The smallest absolute Gasteiger partial charge is 0.191 e. The minimum Gasteiger partial charge on any atom is -0.385 e. The molecule has 0 amide bonds. The van der Waals surface area contributed by atoms with E-state index >= 15 is 0 Å². The van der Waals surface area contributed by atoms with Gasteiger partial charge in [-0.15, -0.1) is 10.2 Å². The molecule has 0 aromatic carbocycles. The maximum absolute atomic E-state index is 12.8. The normalized spacial score (nSPS) is 14.2. The molecule has 0 N–H and O–H groups in total. The molecule has 1 aliphatic rings. The third kappa shape index (κ3) is 4.04. The number of thioether (sulfide) groups is 1. The Balaban J connectivity index is 1.66. The predicted molar refractivity (Wildman–Crippen MR) is 103 cm³/mol. The van der Waals surface area contributed by atoms with Crippen molar-refractivity contribution in [3.05, 3.63) is 28.8 Å². The van der Waals surface area contributed by atoms with Crippen LogP contribution in [0.5, 0.6) is 0 Å². The van der Waals surface area contributed by atoms with Crippen LogP contribution < -0.4 is 0 Å². The Kier molecular flexibility index (Phi) is 6.19. The van der Waals surface area contributed by atoms with Gasteiger partial charge in [0.2, 0.25) is 0 Å². The zero-order chi connectivity index (χ0) is 18.7. The molecule has 0 atom stereocenters. The van der Waals surface area contributed by atoms with E-state index in [9.17, 15) is 4.79 Å². The zero-order valence-electron chi connectivity index (χ0n) is 16.1. The summed E-state index contributed by atoms with van der Waals surface area (Å²) >= 11 is 1.50. The number of Topliss-reactive ketones (excluding diaryl/α,β-unsaturated/α-hetero) is 1. The number of ether oxygens (including phenoxy) is 1. The predicted octanol–water partition coefficient (Wildman–Crippen LogP) is 3.61. The van der Waals surface area contributed by atoms with Crippen molar-refractivity contribution in [2.24, 2.45) is 0 Å². The van der Waals surface area contributed by atoms with Gasteiger partial charge < -0.3 is 13.9 Å². The largest absolute Gasteiger partial charge is 0.385 e. The molecule has 142 valence electrons. The lowest BCUT2D eigenvalue weighted by atomic mass is 10.2. The summed E-state index contributed by atoms with van der Waals surface area (Å²) in [6.45, 7) is 8.64. The van der Waals surface area contributed by atoms with Crippen LogP contribution in [-0.2, 0) is 17.8 Å². The maximum Gasteiger partial charge on any atom is 0.191 e. The summed E-state index contributed by atoms with van der Waals surface area (Å²) in [5, 5.41) is 9.51. The third-order valence-electron chi connectivity index (χ3n) is 4.94. The summed E-state index contributed by atoms with van der Waals surface area (Å²) < 4.78 is 9.49. The number of ketones is 1. The molecule has 0 spiro atoms. The molecule has 26 heavy (non-hydrogen) atoms. The highest BCUT2D eigenvalue weighted by Crippen LogP contribution is 2.40. The topological polar surface area (TPSA) is 61.9 Å². The second-order valence-corrected chi connectivity index (χ2v) is 7.80. The van der Waals surface area contributed by atoms with E-state index in [0.717, 1.165) is 54.0 Å². The van der Waals surface area contributed by atoms with Crippen LogP contribution in [-0.4, -0.2) is 44.6 Å². The van der Waals surface area contributed by atoms with Gasteiger partial charge in [-0.05, 0) is 46.1 Å². The highest BCUT2D eigenvalue weighted by Gasteiger charge is 2.30. The zero-order valence-corrected chi connectivity index (χ0v) is 16.9. The lowest BCUT2D eigenvalue weighted by Gasteiger charge is -2.09. The van der Waals surface area contributed by atoms with Gasteiger partial charge in [0.05, 0.1) is 5.75 Å². The Morgan fingerprint density at radius 3 is 2.73 bits per heavy atom. The minimum absolute atomic E-state index is 0.153. The van der Waals surface area contributed by atoms with Gasteiger partial charge in [0.25, 0.3) is 0 Å². The Morgan fingerprint density at radius 1 is 1.31 bits per heavy atom. The van der Waals surface area contributed by atoms with E-state index in [-0.39, 0.29) is 5.78 Å². The van der Waals surface area contributed by atoms with Crippen LogP contribution in [0, 0.1) is 13.8 Å². The van der Waals surface area contributed by atoms with Crippen LogP contribution in [0.1, 0.15) is 59.7 Å². The molecule has 1 fully saturated rings. The Labute approximate surface area is 159 Å². The number of hydrogen-bond donors (Lipinski definition) is 0. The van der Waals surface area contributed by atoms with Crippen LogP contribution in [0.3, 0.4) is 0 Å². The summed E-state index contributed by atoms with van der Waals surface area (Å²) in [7, 11) is 1.71. The number of hydrogen-bond acceptors (Lipinski definition) is 5. The van der Waals surface area contributed by atoms with Crippen molar-refractivity contribution in [1.29, 1.82) is 0 Å². The van der Waals surface area contributed by atoms with Crippen molar-refractivity contribution in [3.63, 3.8) is 0 Å². The average Bonchev–Trinajstić information content (AvgIpc) is 3.33. The van der Waals surface area contributed by atoms with Crippen LogP contribution in [0.25, 0.3) is 0 Å². The molecule has 0 unspecified atom stereocenters. The summed E-state index contributed by atoms with van der Waals surface area (Å²) in [5.41, 5.74) is 2.98. The van der Waals surface area contributed by atoms with Crippen molar-refractivity contribution < 1.29 is 9.53 Å². The van der Waals surface area contributed by atoms with Gasteiger partial charge in [0, 0.05) is 49.7 Å². The Hall–Kier alpha value is -1.60. The molecule has 2 aromatic rings. The van der Waals surface area contributed by atoms with Crippen molar-refractivity contribution in [2.75, 3.05) is 19.5 Å². The number of aromatic nitrogens is 4. The maximum atomic E-state index is 12.8. The van der Waals surface area contributed by atoms with Crippen molar-refractivity contribution in [2.45, 2.75) is 64.2 Å². The fourth-order valence-corrected chi connectivity index (χ4v) is 4.24.